The Balaban J connectivity index is 2.11. The summed E-state index contributed by atoms with van der Waals surface area (Å²) in [6.07, 6.45) is 3.35. The third-order valence-electron chi connectivity index (χ3n) is 4.67. The fourth-order valence-corrected chi connectivity index (χ4v) is 3.50. The van der Waals surface area contributed by atoms with Gasteiger partial charge in [0, 0.05) is 37.8 Å². The van der Waals surface area contributed by atoms with Crippen molar-refractivity contribution >= 4 is 42.0 Å². The first-order valence-corrected chi connectivity index (χ1v) is 12.1. The molecule has 1 atom stereocenters. The van der Waals surface area contributed by atoms with Crippen LogP contribution in [0.2, 0.25) is 0 Å². The van der Waals surface area contributed by atoms with Crippen molar-refractivity contribution < 1.29 is 29.1 Å². The number of thiol groups is 1. The molecule has 190 valence electrons. The lowest BCUT2D eigenvalue weighted by molar-refractivity contribution is -0.387. The Bertz CT molecular complexity index is 1270. The Morgan fingerprint density at radius 2 is 2.00 bits per heavy atom. The molecule has 15 heteroatoms. The van der Waals surface area contributed by atoms with Crippen LogP contribution in [0.3, 0.4) is 0 Å². The maximum Gasteiger partial charge on any atom is 0.392 e. The minimum Gasteiger partial charge on any atom is -0.478 e. The number of hydrogen-bond donors (Lipinski definition) is 3. The van der Waals surface area contributed by atoms with Crippen LogP contribution in [0.5, 0.6) is 17.5 Å². The summed E-state index contributed by atoms with van der Waals surface area (Å²) in [5.41, 5.74) is 0.380. The Labute approximate surface area is 214 Å². The molecule has 2 N–H and O–H groups in total. The molecule has 36 heavy (non-hydrogen) atoms. The number of carboxylic acids is 1. The summed E-state index contributed by atoms with van der Waals surface area (Å²) < 4.78 is 11.1. The fraction of sp³-hybridized carbons (Fsp3) is 0.286. The lowest BCUT2D eigenvalue weighted by Crippen LogP contribution is -2.29. The number of thioether (sulfide) groups is 1. The van der Waals surface area contributed by atoms with E-state index in [1.54, 1.807) is 50.9 Å². The van der Waals surface area contributed by atoms with Crippen LogP contribution in [0.4, 0.5) is 5.69 Å². The first-order valence-electron chi connectivity index (χ1n) is 10.2. The number of H-pyrrole nitrogens is 1. The van der Waals surface area contributed by atoms with Crippen molar-refractivity contribution in [3.8, 4) is 28.9 Å². The molecule has 0 aliphatic rings. The van der Waals surface area contributed by atoms with Crippen LogP contribution >= 0.6 is 24.4 Å². The number of likely N-dealkylation sites (N-methyl/N-ethyl adjacent to an activating group) is 1. The van der Waals surface area contributed by atoms with Gasteiger partial charge in [-0.05, 0) is 30.0 Å². The third kappa shape index (κ3) is 6.42. The van der Waals surface area contributed by atoms with Gasteiger partial charge in [0.05, 0.1) is 11.3 Å². The molecule has 0 saturated heterocycles. The van der Waals surface area contributed by atoms with Gasteiger partial charge >= 0.3 is 23.4 Å². The number of carbonyl (C=O) groups is 2. The second-order valence-corrected chi connectivity index (χ2v) is 8.56. The monoisotopic (exact) mass is 534 g/mol. The molecule has 3 rings (SSSR count). The number of nitro groups is 1. The van der Waals surface area contributed by atoms with E-state index in [0.29, 0.717) is 17.0 Å². The van der Waals surface area contributed by atoms with E-state index < -0.39 is 34.4 Å². The van der Waals surface area contributed by atoms with Crippen molar-refractivity contribution in [3.63, 3.8) is 0 Å². The number of hydrogen-bond acceptors (Lipinski definition) is 11. The summed E-state index contributed by atoms with van der Waals surface area (Å²) >= 11 is 4.97. The number of nitrogens with zero attached hydrogens (tertiary/aromatic N) is 5. The van der Waals surface area contributed by atoms with Gasteiger partial charge in [-0.25, -0.2) is 9.78 Å². The molecule has 0 spiro atoms. The van der Waals surface area contributed by atoms with E-state index in [0.717, 1.165) is 11.8 Å². The molecule has 1 unspecified atom stereocenters. The quantitative estimate of drug-likeness (QED) is 0.108. The van der Waals surface area contributed by atoms with Gasteiger partial charge in [-0.2, -0.15) is 22.6 Å². The van der Waals surface area contributed by atoms with E-state index in [2.05, 4.69) is 32.6 Å². The second kappa shape index (κ2) is 11.7. The number of nitrogens with one attached hydrogen (secondary N) is 1. The number of aliphatic carboxylic acids is 1. The molecule has 2 aromatic heterocycles. The van der Waals surface area contributed by atoms with Gasteiger partial charge in [-0.3, -0.25) is 14.9 Å². The van der Waals surface area contributed by atoms with E-state index in [1.165, 1.54) is 4.90 Å². The van der Waals surface area contributed by atoms with Crippen LogP contribution in [-0.2, 0) is 16.0 Å². The molecule has 0 aliphatic heterocycles. The summed E-state index contributed by atoms with van der Waals surface area (Å²) in [5, 5.41) is 21.3. The van der Waals surface area contributed by atoms with Gasteiger partial charge in [0.1, 0.15) is 11.6 Å². The Morgan fingerprint density at radius 3 is 2.56 bits per heavy atom. The summed E-state index contributed by atoms with van der Waals surface area (Å²) in [6, 6.07) is 4.86. The lowest BCUT2D eigenvalue weighted by Gasteiger charge is -2.15. The molecule has 1 aromatic carbocycles. The first-order chi connectivity index (χ1) is 17.1. The Hall–Kier alpha value is -3.85. The predicted octanol–water partition coefficient (Wildman–Crippen LogP) is 2.68. The first kappa shape index (κ1) is 26.7. The van der Waals surface area contributed by atoms with E-state index in [-0.39, 0.29) is 29.0 Å². The van der Waals surface area contributed by atoms with E-state index in [1.807, 2.05) is 0 Å². The zero-order chi connectivity index (χ0) is 26.4. The molecule has 0 fully saturated rings. The van der Waals surface area contributed by atoms with Crippen LogP contribution < -0.4 is 9.47 Å². The number of amides is 1. The highest BCUT2D eigenvalue weighted by Crippen LogP contribution is 2.39. The summed E-state index contributed by atoms with van der Waals surface area (Å²) in [7, 11) is 3.25. The highest BCUT2D eigenvalue weighted by atomic mass is 32.2. The minimum absolute atomic E-state index is 0.0381. The number of carbonyl (C=O) groups excluding carboxylic acids is 1. The second-order valence-electron chi connectivity index (χ2n) is 7.42. The highest BCUT2D eigenvalue weighted by molar-refractivity contribution is 7.98. The molecule has 0 radical (unpaired) electrons. The van der Waals surface area contributed by atoms with E-state index in [9.17, 15) is 24.8 Å². The molecule has 13 nitrogen and oxygen atoms in total. The van der Waals surface area contributed by atoms with Crippen molar-refractivity contribution in [2.75, 3.05) is 26.1 Å². The zero-order valence-electron chi connectivity index (χ0n) is 19.4. The van der Waals surface area contributed by atoms with Gasteiger partial charge in [0.2, 0.25) is 12.0 Å². The number of carboxylic acid groups (broad SMARTS) is 1. The van der Waals surface area contributed by atoms with Crippen LogP contribution in [0.1, 0.15) is 5.56 Å². The molecule has 3 aromatic rings. The molecule has 0 aliphatic carbocycles. The van der Waals surface area contributed by atoms with E-state index in [4.69, 9.17) is 9.47 Å². The number of rotatable bonds is 11. The summed E-state index contributed by atoms with van der Waals surface area (Å²) in [6.45, 7) is 0. The van der Waals surface area contributed by atoms with Crippen LogP contribution in [0.15, 0.2) is 35.7 Å². The van der Waals surface area contributed by atoms with Crippen LogP contribution in [-0.4, -0.2) is 79.0 Å². The summed E-state index contributed by atoms with van der Waals surface area (Å²) in [4.78, 5) is 51.5. The van der Waals surface area contributed by atoms with Crippen LogP contribution in [0, 0.1) is 10.1 Å². The largest absolute Gasteiger partial charge is 0.478 e. The Kier molecular flexibility index (Phi) is 8.71. The topological polar surface area (TPSA) is 174 Å². The molecule has 2 heterocycles. The maximum atomic E-state index is 12.3. The zero-order valence-corrected chi connectivity index (χ0v) is 21.1. The van der Waals surface area contributed by atoms with Crippen molar-refractivity contribution in [2.24, 2.45) is 0 Å². The van der Waals surface area contributed by atoms with Gasteiger partial charge in [0.15, 0.2) is 5.16 Å². The van der Waals surface area contributed by atoms with Crippen molar-refractivity contribution in [3.05, 3.63) is 46.3 Å². The van der Waals surface area contributed by atoms with Gasteiger partial charge in [0.25, 0.3) is 0 Å². The molecule has 0 bridgehead atoms. The number of aromatic nitrogens is 4. The number of ether oxygens (including phenoxy) is 2. The molecule has 0 saturated carbocycles. The highest BCUT2D eigenvalue weighted by Gasteiger charge is 2.32. The molecular formula is C21H22N6O7S2. The van der Waals surface area contributed by atoms with E-state index >= 15 is 0 Å². The lowest BCUT2D eigenvalue weighted by atomic mass is 10.1. The number of imidazole rings is 1. The SMILES string of the molecule is CSc1nc(Oc2cc(CC(=O)N(C)C)cc(-c3ncc[nH]3)c2)c([N+](=O)[O-])c(OC(CS)C(=O)O)n1. The van der Waals surface area contributed by atoms with Crippen molar-refractivity contribution in [2.45, 2.75) is 17.7 Å². The van der Waals surface area contributed by atoms with Gasteiger partial charge < -0.3 is 24.5 Å². The predicted molar refractivity (Wildman–Crippen MR) is 133 cm³/mol. The average Bonchev–Trinajstić information content (AvgIpc) is 3.36. The smallest absolute Gasteiger partial charge is 0.392 e. The van der Waals surface area contributed by atoms with Crippen molar-refractivity contribution in [1.82, 2.24) is 24.8 Å². The molecule has 1 amide bonds. The van der Waals surface area contributed by atoms with Gasteiger partial charge in [-0.1, -0.05) is 11.8 Å². The number of aromatic amines is 1. The third-order valence-corrected chi connectivity index (χ3v) is 5.55. The molecular weight excluding hydrogens is 512 g/mol. The van der Waals surface area contributed by atoms with Crippen molar-refractivity contribution in [1.29, 1.82) is 0 Å². The van der Waals surface area contributed by atoms with Crippen LogP contribution in [0.25, 0.3) is 11.4 Å². The standard InChI is InChI=1S/C21H22N6O7S2/c1-26(2)15(28)8-11-6-12(17-22-4-5-23-17)9-13(7-11)33-18-16(27(31)32)19(25-21(24-18)36-3)34-14(10-35)20(29)30/h4-7,9,14,35H,8,10H2,1-3H3,(H,22,23)(H,29,30). The van der Waals surface area contributed by atoms with Gasteiger partial charge in [-0.15, -0.1) is 0 Å². The Morgan fingerprint density at radius 1 is 1.28 bits per heavy atom. The average molecular weight is 535 g/mol. The fourth-order valence-electron chi connectivity index (χ4n) is 2.92. The minimum atomic E-state index is -1.49. The normalized spacial score (nSPS) is 11.6. The number of benzene rings is 1. The summed E-state index contributed by atoms with van der Waals surface area (Å²) in [5.74, 6) is -2.20. The maximum absolute atomic E-state index is 12.3.